The van der Waals surface area contributed by atoms with Crippen LogP contribution in [0.1, 0.15) is 39.5 Å². The molecule has 0 spiro atoms. The van der Waals surface area contributed by atoms with Crippen molar-refractivity contribution in [2.24, 2.45) is 0 Å². The molecule has 0 radical (unpaired) electrons. The van der Waals surface area contributed by atoms with Crippen LogP contribution in [0.25, 0.3) is 0 Å². The summed E-state index contributed by atoms with van der Waals surface area (Å²) in [6.07, 6.45) is 0.484. The van der Waals surface area contributed by atoms with Gasteiger partial charge in [-0.15, -0.1) is 0 Å². The van der Waals surface area contributed by atoms with E-state index in [1.54, 1.807) is 0 Å². The molecule has 0 amide bonds. The number of halogens is 2. The molecule has 1 aromatic heterocycles. The monoisotopic (exact) mass is 259 g/mol. The van der Waals surface area contributed by atoms with Gasteiger partial charge in [0, 0.05) is 6.20 Å². The summed E-state index contributed by atoms with van der Waals surface area (Å²) in [5.74, 6) is -0.618. The molecule has 0 N–H and O–H groups in total. The molecule has 0 aliphatic carbocycles. The first kappa shape index (κ1) is 12.7. The third-order valence-corrected chi connectivity index (χ3v) is 3.55. The number of hydrogen-bond donors (Lipinski definition) is 0. The van der Waals surface area contributed by atoms with Crippen LogP contribution in [0.15, 0.2) is 12.3 Å². The summed E-state index contributed by atoms with van der Waals surface area (Å²) >= 11 is 5.80. The van der Waals surface area contributed by atoms with E-state index >= 15 is 0 Å². The van der Waals surface area contributed by atoms with Gasteiger partial charge in [-0.25, -0.2) is 4.98 Å². The first-order chi connectivity index (χ1) is 7.73. The summed E-state index contributed by atoms with van der Waals surface area (Å²) in [5, 5.41) is 0.358. The first-order valence-corrected chi connectivity index (χ1v) is 5.77. The molecule has 0 atom stereocenters. The van der Waals surface area contributed by atoms with Gasteiger partial charge in [0.25, 0.3) is 0 Å². The number of nitrogens with zero attached hydrogens (tertiary/aromatic N) is 1. The molecule has 0 aromatic carbocycles. The topological polar surface area (TPSA) is 31.4 Å². The van der Waals surface area contributed by atoms with E-state index < -0.39 is 23.4 Å². The van der Waals surface area contributed by atoms with Gasteiger partial charge in [0.15, 0.2) is 6.29 Å². The van der Waals surface area contributed by atoms with Crippen LogP contribution in [0.4, 0.5) is 4.39 Å². The van der Waals surface area contributed by atoms with Crippen LogP contribution in [0.5, 0.6) is 0 Å². The summed E-state index contributed by atoms with van der Waals surface area (Å²) in [6.45, 7) is 7.62. The largest absolute Gasteiger partial charge is 0.339 e. The van der Waals surface area contributed by atoms with E-state index in [9.17, 15) is 4.39 Å². The molecule has 1 aromatic rings. The molecule has 1 aliphatic rings. The normalized spacial score (nSPS) is 22.9. The molecule has 1 aliphatic heterocycles. The maximum Gasteiger partial charge on any atom is 0.221 e. The Morgan fingerprint density at radius 2 is 1.76 bits per heavy atom. The molecule has 2 heterocycles. The molecular weight excluding hydrogens is 245 g/mol. The third kappa shape index (κ3) is 2.17. The molecule has 1 fully saturated rings. The average molecular weight is 260 g/mol. The lowest BCUT2D eigenvalue weighted by Crippen LogP contribution is -2.41. The van der Waals surface area contributed by atoms with Crippen LogP contribution in [-0.2, 0) is 9.47 Å². The predicted octanol–water partition coefficient (Wildman–Crippen LogP) is 3.48. The van der Waals surface area contributed by atoms with E-state index in [0.29, 0.717) is 5.02 Å². The van der Waals surface area contributed by atoms with Gasteiger partial charge in [0.1, 0.15) is 0 Å². The van der Waals surface area contributed by atoms with Crippen molar-refractivity contribution in [1.82, 2.24) is 4.98 Å². The second-order valence-corrected chi connectivity index (χ2v) is 5.56. The molecule has 2 rings (SSSR count). The standard InChI is InChI=1S/C12H15ClFNO2/c1-11(2)12(3,4)17-10(16-11)8-5-7(13)6-15-9(8)14/h5-6,10H,1-4H3. The number of aromatic nitrogens is 1. The highest BCUT2D eigenvalue weighted by Crippen LogP contribution is 2.45. The van der Waals surface area contributed by atoms with Crippen LogP contribution < -0.4 is 0 Å². The Hall–Kier alpha value is -0.710. The molecule has 0 bridgehead atoms. The smallest absolute Gasteiger partial charge is 0.221 e. The van der Waals surface area contributed by atoms with Gasteiger partial charge >= 0.3 is 0 Å². The van der Waals surface area contributed by atoms with Crippen molar-refractivity contribution in [3.05, 3.63) is 28.8 Å². The van der Waals surface area contributed by atoms with Crippen LogP contribution in [0.2, 0.25) is 5.02 Å². The maximum absolute atomic E-state index is 13.6. The lowest BCUT2D eigenvalue weighted by atomic mass is 9.90. The fraction of sp³-hybridized carbons (Fsp3) is 0.583. The van der Waals surface area contributed by atoms with Crippen LogP contribution in [0, 0.1) is 5.95 Å². The molecule has 0 unspecified atom stereocenters. The van der Waals surface area contributed by atoms with Crippen LogP contribution >= 0.6 is 11.6 Å². The highest BCUT2D eigenvalue weighted by Gasteiger charge is 2.50. The quantitative estimate of drug-likeness (QED) is 0.724. The Morgan fingerprint density at radius 1 is 1.24 bits per heavy atom. The summed E-state index contributed by atoms with van der Waals surface area (Å²) in [5.41, 5.74) is -0.782. The summed E-state index contributed by atoms with van der Waals surface area (Å²) in [7, 11) is 0. The van der Waals surface area contributed by atoms with Crippen molar-refractivity contribution in [1.29, 1.82) is 0 Å². The van der Waals surface area contributed by atoms with E-state index in [-0.39, 0.29) is 5.56 Å². The molecule has 17 heavy (non-hydrogen) atoms. The fourth-order valence-corrected chi connectivity index (χ4v) is 1.74. The number of rotatable bonds is 1. The zero-order valence-electron chi connectivity index (χ0n) is 10.3. The highest BCUT2D eigenvalue weighted by atomic mass is 35.5. The van der Waals surface area contributed by atoms with E-state index in [4.69, 9.17) is 21.1 Å². The van der Waals surface area contributed by atoms with Gasteiger partial charge in [-0.05, 0) is 33.8 Å². The van der Waals surface area contributed by atoms with Crippen molar-refractivity contribution in [2.45, 2.75) is 45.2 Å². The number of pyridine rings is 1. The Labute approximate surface area is 105 Å². The van der Waals surface area contributed by atoms with Crippen molar-refractivity contribution >= 4 is 11.6 Å². The van der Waals surface area contributed by atoms with Gasteiger partial charge in [0.05, 0.1) is 21.8 Å². The summed E-state index contributed by atoms with van der Waals surface area (Å²) < 4.78 is 25.0. The minimum Gasteiger partial charge on any atom is -0.339 e. The lowest BCUT2D eigenvalue weighted by molar-refractivity contribution is -0.0918. The minimum absolute atomic E-state index is 0.233. The van der Waals surface area contributed by atoms with E-state index in [2.05, 4.69) is 4.98 Å². The van der Waals surface area contributed by atoms with Crippen molar-refractivity contribution in [3.8, 4) is 0 Å². The molecule has 94 valence electrons. The SMILES string of the molecule is CC1(C)OC(c2cc(Cl)cnc2F)OC1(C)C. The van der Waals surface area contributed by atoms with Gasteiger partial charge in [-0.3, -0.25) is 0 Å². The van der Waals surface area contributed by atoms with Crippen molar-refractivity contribution in [2.75, 3.05) is 0 Å². The molecule has 5 heteroatoms. The Balaban J connectivity index is 2.35. The molecule has 0 saturated carbocycles. The third-order valence-electron chi connectivity index (χ3n) is 3.34. The Bertz CT molecular complexity index is 432. The Morgan fingerprint density at radius 3 is 2.29 bits per heavy atom. The molecule has 1 saturated heterocycles. The van der Waals surface area contributed by atoms with Gasteiger partial charge < -0.3 is 9.47 Å². The van der Waals surface area contributed by atoms with Crippen LogP contribution in [0.3, 0.4) is 0 Å². The summed E-state index contributed by atoms with van der Waals surface area (Å²) in [6, 6.07) is 1.48. The molecule has 3 nitrogen and oxygen atoms in total. The number of hydrogen-bond acceptors (Lipinski definition) is 3. The molecular formula is C12H15ClFNO2. The fourth-order valence-electron chi connectivity index (χ4n) is 1.57. The van der Waals surface area contributed by atoms with E-state index in [1.807, 2.05) is 27.7 Å². The Kier molecular flexibility index (Phi) is 2.92. The van der Waals surface area contributed by atoms with E-state index in [0.717, 1.165) is 0 Å². The van der Waals surface area contributed by atoms with Crippen molar-refractivity contribution < 1.29 is 13.9 Å². The van der Waals surface area contributed by atoms with E-state index in [1.165, 1.54) is 12.3 Å². The minimum atomic E-state index is -0.772. The van der Waals surface area contributed by atoms with Crippen LogP contribution in [-0.4, -0.2) is 16.2 Å². The highest BCUT2D eigenvalue weighted by molar-refractivity contribution is 6.30. The number of ether oxygens (including phenoxy) is 2. The average Bonchev–Trinajstić information content (AvgIpc) is 2.40. The van der Waals surface area contributed by atoms with Crippen molar-refractivity contribution in [3.63, 3.8) is 0 Å². The maximum atomic E-state index is 13.6. The zero-order chi connectivity index (χ0) is 12.8. The summed E-state index contributed by atoms with van der Waals surface area (Å²) in [4.78, 5) is 3.56. The van der Waals surface area contributed by atoms with Gasteiger partial charge in [0.2, 0.25) is 5.95 Å². The lowest BCUT2D eigenvalue weighted by Gasteiger charge is -2.30. The van der Waals surface area contributed by atoms with Gasteiger partial charge in [-0.2, -0.15) is 4.39 Å². The zero-order valence-corrected chi connectivity index (χ0v) is 11.0. The predicted molar refractivity (Wildman–Crippen MR) is 62.3 cm³/mol. The first-order valence-electron chi connectivity index (χ1n) is 5.39. The second kappa shape index (κ2) is 3.90. The van der Waals surface area contributed by atoms with Gasteiger partial charge in [-0.1, -0.05) is 11.6 Å². The second-order valence-electron chi connectivity index (χ2n) is 5.12.